The average Bonchev–Trinajstić information content (AvgIpc) is 3.56. The average molecular weight is 534 g/mol. The van der Waals surface area contributed by atoms with Crippen molar-refractivity contribution in [3.05, 3.63) is 64.8 Å². The first-order valence-corrected chi connectivity index (χ1v) is 13.7. The number of methoxy groups -OCH3 is 2. The van der Waals surface area contributed by atoms with Crippen molar-refractivity contribution in [2.24, 2.45) is 0 Å². The largest absolute Gasteiger partial charge is 0.496 e. The summed E-state index contributed by atoms with van der Waals surface area (Å²) in [5, 5.41) is 0.992. The number of carbonyl (C=O) groups is 2. The zero-order valence-electron chi connectivity index (χ0n) is 23.8. The quantitative estimate of drug-likeness (QED) is 0.398. The minimum Gasteiger partial charge on any atom is -0.496 e. The van der Waals surface area contributed by atoms with Gasteiger partial charge in [-0.25, -0.2) is 9.59 Å². The number of fused-ring (bicyclic) bond motifs is 2. The van der Waals surface area contributed by atoms with Crippen molar-refractivity contribution in [1.29, 1.82) is 0 Å². The van der Waals surface area contributed by atoms with E-state index in [0.717, 1.165) is 47.4 Å². The predicted molar refractivity (Wildman–Crippen MR) is 150 cm³/mol. The maximum absolute atomic E-state index is 13.1. The molecule has 0 amide bonds. The summed E-state index contributed by atoms with van der Waals surface area (Å²) in [5.41, 5.74) is 3.99. The monoisotopic (exact) mass is 533 g/mol. The van der Waals surface area contributed by atoms with Crippen molar-refractivity contribution in [3.63, 3.8) is 0 Å². The van der Waals surface area contributed by atoms with Crippen molar-refractivity contribution in [1.82, 2.24) is 14.4 Å². The Kier molecular flexibility index (Phi) is 7.44. The lowest BCUT2D eigenvalue weighted by Gasteiger charge is -2.44. The second-order valence-electron chi connectivity index (χ2n) is 11.7. The summed E-state index contributed by atoms with van der Waals surface area (Å²) in [6.45, 7) is 11.3. The molecule has 208 valence electrons. The number of aromatic nitrogens is 1. The van der Waals surface area contributed by atoms with Crippen LogP contribution in [0.15, 0.2) is 42.6 Å². The first-order chi connectivity index (χ1) is 18.6. The van der Waals surface area contributed by atoms with Crippen LogP contribution in [0.1, 0.15) is 66.7 Å². The Labute approximate surface area is 230 Å². The number of rotatable bonds is 5. The zero-order chi connectivity index (χ0) is 27.9. The van der Waals surface area contributed by atoms with E-state index in [1.807, 2.05) is 64.1 Å². The van der Waals surface area contributed by atoms with Crippen LogP contribution in [-0.4, -0.2) is 71.9 Å². The first kappa shape index (κ1) is 27.2. The highest BCUT2D eigenvalue weighted by molar-refractivity contribution is 5.95. The van der Waals surface area contributed by atoms with Gasteiger partial charge in [-0.05, 0) is 82.5 Å². The molecule has 1 aromatic heterocycles. The third kappa shape index (κ3) is 5.40. The SMILES string of the molecule is COC(=O)c1ccc([C@@H]2CN3CCC[C@H]3CN2Cc2c(OC)cc(C)c3c2ccn3C(=O)OC(C)(C)C)cc1. The van der Waals surface area contributed by atoms with Crippen LogP contribution in [0.3, 0.4) is 0 Å². The minimum absolute atomic E-state index is 0.153. The molecule has 2 aliphatic rings. The van der Waals surface area contributed by atoms with Gasteiger partial charge in [-0.3, -0.25) is 14.4 Å². The van der Waals surface area contributed by atoms with Gasteiger partial charge in [0.25, 0.3) is 0 Å². The van der Waals surface area contributed by atoms with Gasteiger partial charge in [0.15, 0.2) is 0 Å². The molecule has 2 aromatic carbocycles. The third-order valence-corrected chi connectivity index (χ3v) is 7.91. The van der Waals surface area contributed by atoms with Gasteiger partial charge in [0.05, 0.1) is 25.3 Å². The van der Waals surface area contributed by atoms with Gasteiger partial charge in [-0.2, -0.15) is 0 Å². The molecule has 2 atom stereocenters. The molecule has 0 saturated carbocycles. The number of piperazine rings is 1. The first-order valence-electron chi connectivity index (χ1n) is 13.7. The van der Waals surface area contributed by atoms with Gasteiger partial charge in [0, 0.05) is 48.9 Å². The maximum Gasteiger partial charge on any atom is 0.419 e. The zero-order valence-corrected chi connectivity index (χ0v) is 23.8. The van der Waals surface area contributed by atoms with E-state index in [9.17, 15) is 9.59 Å². The normalized spacial score (nSPS) is 20.2. The predicted octanol–water partition coefficient (Wildman–Crippen LogP) is 5.55. The lowest BCUT2D eigenvalue weighted by molar-refractivity contribution is 0.0445. The Hall–Kier alpha value is -3.36. The molecule has 0 bridgehead atoms. The Morgan fingerprint density at radius 1 is 1.05 bits per heavy atom. The number of esters is 1. The van der Waals surface area contributed by atoms with Crippen molar-refractivity contribution >= 4 is 23.0 Å². The summed E-state index contributed by atoms with van der Waals surface area (Å²) in [6, 6.07) is 12.5. The van der Waals surface area contributed by atoms with Crippen LogP contribution in [0.4, 0.5) is 4.79 Å². The molecule has 0 radical (unpaired) electrons. The van der Waals surface area contributed by atoms with Crippen molar-refractivity contribution in [3.8, 4) is 5.75 Å². The number of benzene rings is 2. The lowest BCUT2D eigenvalue weighted by atomic mass is 9.96. The molecule has 3 heterocycles. The number of aryl methyl sites for hydroxylation is 1. The summed E-state index contributed by atoms with van der Waals surface area (Å²) >= 11 is 0. The number of hydrogen-bond acceptors (Lipinski definition) is 7. The standard InChI is InChI=1S/C31H39N3O5/c1-20-16-27(37-5)25(24-13-15-34(28(20)24)30(36)39-31(2,3)4)18-33-17-23-8-7-14-32(23)19-26(33)21-9-11-22(12-10-21)29(35)38-6/h9-13,15-16,23,26H,7-8,14,17-19H2,1-6H3/t23-,26-/m0/s1. The van der Waals surface area contributed by atoms with E-state index in [1.54, 1.807) is 17.9 Å². The molecule has 2 aliphatic heterocycles. The highest BCUT2D eigenvalue weighted by Gasteiger charge is 2.37. The Balaban J connectivity index is 1.53. The van der Waals surface area contributed by atoms with E-state index in [-0.39, 0.29) is 18.1 Å². The van der Waals surface area contributed by atoms with Crippen LogP contribution in [0.2, 0.25) is 0 Å². The van der Waals surface area contributed by atoms with E-state index >= 15 is 0 Å². The van der Waals surface area contributed by atoms with Crippen molar-refractivity contribution in [2.45, 2.75) is 64.8 Å². The lowest BCUT2D eigenvalue weighted by Crippen LogP contribution is -2.51. The van der Waals surface area contributed by atoms with Gasteiger partial charge in [-0.15, -0.1) is 0 Å². The second-order valence-corrected chi connectivity index (χ2v) is 11.7. The fourth-order valence-electron chi connectivity index (χ4n) is 6.10. The molecule has 2 fully saturated rings. The van der Waals surface area contributed by atoms with Gasteiger partial charge < -0.3 is 14.2 Å². The van der Waals surface area contributed by atoms with E-state index in [2.05, 4.69) is 9.80 Å². The van der Waals surface area contributed by atoms with Gasteiger partial charge in [0.2, 0.25) is 0 Å². The molecule has 39 heavy (non-hydrogen) atoms. The maximum atomic E-state index is 13.1. The molecule has 8 heteroatoms. The molecule has 0 unspecified atom stereocenters. The summed E-state index contributed by atoms with van der Waals surface area (Å²) < 4.78 is 18.1. The van der Waals surface area contributed by atoms with Crippen LogP contribution in [0, 0.1) is 6.92 Å². The molecule has 0 N–H and O–H groups in total. The Bertz CT molecular complexity index is 1370. The summed E-state index contributed by atoms with van der Waals surface area (Å²) in [6.07, 6.45) is 3.82. The minimum atomic E-state index is -0.589. The fourth-order valence-corrected chi connectivity index (χ4v) is 6.10. The summed E-state index contributed by atoms with van der Waals surface area (Å²) in [5.74, 6) is 0.485. The van der Waals surface area contributed by atoms with E-state index in [1.165, 1.54) is 25.5 Å². The van der Waals surface area contributed by atoms with Crippen molar-refractivity contribution in [2.75, 3.05) is 33.9 Å². The number of ether oxygens (including phenoxy) is 3. The molecule has 0 spiro atoms. The number of hydrogen-bond donors (Lipinski definition) is 0. The van der Waals surface area contributed by atoms with Crippen LogP contribution in [-0.2, 0) is 16.0 Å². The van der Waals surface area contributed by atoms with Gasteiger partial charge >= 0.3 is 12.1 Å². The third-order valence-electron chi connectivity index (χ3n) is 7.91. The van der Waals surface area contributed by atoms with Crippen LogP contribution >= 0.6 is 0 Å². The molecule has 5 rings (SSSR count). The fraction of sp³-hybridized carbons (Fsp3) is 0.484. The molecule has 8 nitrogen and oxygen atoms in total. The van der Waals surface area contributed by atoms with E-state index in [4.69, 9.17) is 14.2 Å². The highest BCUT2D eigenvalue weighted by atomic mass is 16.6. The molecule has 0 aliphatic carbocycles. The summed E-state index contributed by atoms with van der Waals surface area (Å²) in [4.78, 5) is 30.2. The van der Waals surface area contributed by atoms with Crippen LogP contribution < -0.4 is 4.74 Å². The topological polar surface area (TPSA) is 73.2 Å². The molecular formula is C31H39N3O5. The van der Waals surface area contributed by atoms with Gasteiger partial charge in [-0.1, -0.05) is 12.1 Å². The van der Waals surface area contributed by atoms with Gasteiger partial charge in [0.1, 0.15) is 11.4 Å². The van der Waals surface area contributed by atoms with Crippen LogP contribution in [0.25, 0.3) is 10.9 Å². The number of carbonyl (C=O) groups excluding carboxylic acids is 2. The van der Waals surface area contributed by atoms with E-state index < -0.39 is 5.60 Å². The number of nitrogens with zero attached hydrogens (tertiary/aromatic N) is 3. The smallest absolute Gasteiger partial charge is 0.419 e. The van der Waals surface area contributed by atoms with Crippen molar-refractivity contribution < 1.29 is 23.8 Å². The Morgan fingerprint density at radius 2 is 1.79 bits per heavy atom. The second kappa shape index (κ2) is 10.7. The summed E-state index contributed by atoms with van der Waals surface area (Å²) in [7, 11) is 3.10. The molecule has 2 saturated heterocycles. The Morgan fingerprint density at radius 3 is 2.46 bits per heavy atom. The molecular weight excluding hydrogens is 494 g/mol. The van der Waals surface area contributed by atoms with Crippen LogP contribution in [0.5, 0.6) is 5.75 Å². The highest BCUT2D eigenvalue weighted by Crippen LogP contribution is 2.38. The molecule has 3 aromatic rings. The van der Waals surface area contributed by atoms with E-state index in [0.29, 0.717) is 18.2 Å².